The van der Waals surface area contributed by atoms with E-state index in [0.29, 0.717) is 17.0 Å². The van der Waals surface area contributed by atoms with E-state index in [1.807, 2.05) is 0 Å². The number of rotatable bonds is 7. The Balaban J connectivity index is 1.44. The number of halogens is 3. The third kappa shape index (κ3) is 5.71. The number of hydrogen-bond donors (Lipinski definition) is 1. The van der Waals surface area contributed by atoms with Crippen molar-refractivity contribution in [1.29, 1.82) is 0 Å². The Morgan fingerprint density at radius 2 is 1.97 bits per heavy atom. The van der Waals surface area contributed by atoms with Crippen molar-refractivity contribution >= 4 is 23.3 Å². The highest BCUT2D eigenvalue weighted by Crippen LogP contribution is 2.19. The normalized spacial score (nSPS) is 15.4. The maximum atomic E-state index is 13.3. The fourth-order valence-electron chi connectivity index (χ4n) is 2.49. The topological polar surface area (TPSA) is 86.2 Å². The molecule has 1 N–H and O–H groups in total. The Morgan fingerprint density at radius 3 is 2.66 bits per heavy atom. The van der Waals surface area contributed by atoms with E-state index < -0.39 is 37.0 Å². The third-order valence-corrected chi connectivity index (χ3v) is 3.80. The minimum Gasteiger partial charge on any atom is -0.453 e. The second-order valence-corrected chi connectivity index (χ2v) is 5.91. The number of amides is 1. The molecule has 29 heavy (non-hydrogen) atoms. The van der Waals surface area contributed by atoms with Gasteiger partial charge in [0.1, 0.15) is 11.6 Å². The first-order valence-electron chi connectivity index (χ1n) is 8.40. The summed E-state index contributed by atoms with van der Waals surface area (Å²) in [4.78, 5) is 28.9. The summed E-state index contributed by atoms with van der Waals surface area (Å²) >= 11 is 0. The molecule has 1 aliphatic rings. The lowest BCUT2D eigenvalue weighted by atomic mass is 10.1. The van der Waals surface area contributed by atoms with Gasteiger partial charge in [0, 0.05) is 17.7 Å². The molecule has 0 saturated carbocycles. The third-order valence-electron chi connectivity index (χ3n) is 3.80. The zero-order valence-electron chi connectivity index (χ0n) is 14.8. The van der Waals surface area contributed by atoms with Crippen LogP contribution in [0.2, 0.25) is 0 Å². The molecule has 1 aliphatic heterocycles. The van der Waals surface area contributed by atoms with Gasteiger partial charge in [0.25, 0.3) is 5.91 Å². The van der Waals surface area contributed by atoms with Crippen molar-refractivity contribution in [3.05, 3.63) is 59.9 Å². The van der Waals surface area contributed by atoms with Crippen LogP contribution in [-0.2, 0) is 19.2 Å². The minimum atomic E-state index is -2.95. The number of carbonyl (C=O) groups excluding carboxylic acids is 2. The van der Waals surface area contributed by atoms with E-state index in [1.54, 1.807) is 6.07 Å². The van der Waals surface area contributed by atoms with Crippen molar-refractivity contribution in [2.75, 3.05) is 11.9 Å². The lowest BCUT2D eigenvalue weighted by molar-refractivity contribution is -0.157. The summed E-state index contributed by atoms with van der Waals surface area (Å²) < 4.78 is 46.6. The van der Waals surface area contributed by atoms with Gasteiger partial charge in [-0.3, -0.25) is 4.79 Å². The van der Waals surface area contributed by atoms with Crippen molar-refractivity contribution in [2.24, 2.45) is 5.16 Å². The highest BCUT2D eigenvalue weighted by molar-refractivity contribution is 6.03. The van der Waals surface area contributed by atoms with Gasteiger partial charge in [-0.15, -0.1) is 0 Å². The van der Waals surface area contributed by atoms with Crippen LogP contribution in [0.3, 0.4) is 0 Å². The molecule has 2 aromatic rings. The number of oxime groups is 1. The van der Waals surface area contributed by atoms with E-state index in [2.05, 4.69) is 15.2 Å². The number of benzene rings is 2. The number of hydrogen-bond acceptors (Lipinski definition) is 6. The van der Waals surface area contributed by atoms with Crippen molar-refractivity contribution in [3.63, 3.8) is 0 Å². The fraction of sp³-hybridized carbons (Fsp3) is 0.211. The van der Waals surface area contributed by atoms with Gasteiger partial charge >= 0.3 is 12.6 Å². The number of nitrogens with zero attached hydrogens (tertiary/aromatic N) is 1. The van der Waals surface area contributed by atoms with E-state index in [4.69, 9.17) is 9.57 Å². The highest BCUT2D eigenvalue weighted by atomic mass is 19.3. The van der Waals surface area contributed by atoms with Crippen molar-refractivity contribution in [1.82, 2.24) is 0 Å². The van der Waals surface area contributed by atoms with Crippen molar-refractivity contribution in [3.8, 4) is 5.75 Å². The van der Waals surface area contributed by atoms with Gasteiger partial charge in [-0.1, -0.05) is 17.3 Å². The molecule has 152 valence electrons. The minimum absolute atomic E-state index is 0.0584. The van der Waals surface area contributed by atoms with Gasteiger partial charge in [-0.25, -0.2) is 9.18 Å². The SMILES string of the molecule is O=C(COC(=O)C1CC(c2cccc(F)c2)=NO1)Nc1ccc(OC(F)F)cc1. The van der Waals surface area contributed by atoms with Crippen LogP contribution >= 0.6 is 0 Å². The lowest BCUT2D eigenvalue weighted by Gasteiger charge is -2.10. The lowest BCUT2D eigenvalue weighted by Crippen LogP contribution is -2.28. The molecular weight excluding hydrogens is 393 g/mol. The van der Waals surface area contributed by atoms with E-state index in [9.17, 15) is 22.8 Å². The maximum Gasteiger partial charge on any atom is 0.387 e. The largest absolute Gasteiger partial charge is 0.453 e. The molecule has 0 radical (unpaired) electrons. The number of carbonyl (C=O) groups is 2. The summed E-state index contributed by atoms with van der Waals surface area (Å²) in [5.41, 5.74) is 1.18. The molecule has 2 aromatic carbocycles. The van der Waals surface area contributed by atoms with Crippen LogP contribution in [0, 0.1) is 5.82 Å². The molecule has 0 saturated heterocycles. The van der Waals surface area contributed by atoms with E-state index in [0.717, 1.165) is 0 Å². The average Bonchev–Trinajstić information content (AvgIpc) is 3.18. The first-order valence-corrected chi connectivity index (χ1v) is 8.40. The Kier molecular flexibility index (Phi) is 6.32. The smallest absolute Gasteiger partial charge is 0.387 e. The predicted molar refractivity (Wildman–Crippen MR) is 95.1 cm³/mol. The number of ether oxygens (including phenoxy) is 2. The molecule has 1 unspecified atom stereocenters. The molecule has 0 spiro atoms. The van der Waals surface area contributed by atoms with Crippen LogP contribution in [0.4, 0.5) is 18.9 Å². The monoisotopic (exact) mass is 408 g/mol. The first-order chi connectivity index (χ1) is 13.9. The van der Waals surface area contributed by atoms with Gasteiger partial charge in [0.05, 0.1) is 5.71 Å². The van der Waals surface area contributed by atoms with Gasteiger partial charge in [0.2, 0.25) is 6.10 Å². The van der Waals surface area contributed by atoms with E-state index >= 15 is 0 Å². The Hall–Kier alpha value is -3.56. The van der Waals surface area contributed by atoms with Gasteiger partial charge in [0.15, 0.2) is 6.61 Å². The quantitative estimate of drug-likeness (QED) is 0.712. The van der Waals surface area contributed by atoms with Crippen LogP contribution in [0.1, 0.15) is 12.0 Å². The molecule has 1 atom stereocenters. The Bertz CT molecular complexity index is 918. The second-order valence-electron chi connectivity index (χ2n) is 5.91. The number of alkyl halides is 2. The predicted octanol–water partition coefficient (Wildman–Crippen LogP) is 3.10. The molecule has 0 aliphatic carbocycles. The van der Waals surface area contributed by atoms with Crippen LogP contribution in [0.15, 0.2) is 53.7 Å². The summed E-state index contributed by atoms with van der Waals surface area (Å²) in [7, 11) is 0. The Morgan fingerprint density at radius 1 is 1.21 bits per heavy atom. The molecule has 7 nitrogen and oxygen atoms in total. The summed E-state index contributed by atoms with van der Waals surface area (Å²) in [5, 5.41) is 6.20. The van der Waals surface area contributed by atoms with E-state index in [1.165, 1.54) is 42.5 Å². The van der Waals surface area contributed by atoms with E-state index in [-0.39, 0.29) is 12.2 Å². The summed E-state index contributed by atoms with van der Waals surface area (Å²) in [6.07, 6.45) is -0.956. The van der Waals surface area contributed by atoms with Gasteiger partial charge in [-0.2, -0.15) is 8.78 Å². The number of esters is 1. The number of anilines is 1. The molecule has 3 rings (SSSR count). The molecule has 10 heteroatoms. The van der Waals surface area contributed by atoms with Crippen molar-refractivity contribution < 1.29 is 37.1 Å². The van der Waals surface area contributed by atoms with Crippen molar-refractivity contribution in [2.45, 2.75) is 19.1 Å². The molecule has 0 bridgehead atoms. The highest BCUT2D eigenvalue weighted by Gasteiger charge is 2.30. The van der Waals surface area contributed by atoms with Gasteiger partial charge in [-0.05, 0) is 36.4 Å². The average molecular weight is 408 g/mol. The number of nitrogens with one attached hydrogen (secondary N) is 1. The molecule has 1 amide bonds. The maximum absolute atomic E-state index is 13.3. The van der Waals surface area contributed by atoms with Crippen LogP contribution in [-0.4, -0.2) is 36.9 Å². The zero-order chi connectivity index (χ0) is 20.8. The molecule has 1 heterocycles. The Labute approximate surface area is 163 Å². The summed E-state index contributed by atoms with van der Waals surface area (Å²) in [6.45, 7) is -3.53. The van der Waals surface area contributed by atoms with Gasteiger partial charge < -0.3 is 19.6 Å². The molecule has 0 aromatic heterocycles. The summed E-state index contributed by atoms with van der Waals surface area (Å²) in [6, 6.07) is 10.9. The van der Waals surface area contributed by atoms with Crippen LogP contribution < -0.4 is 10.1 Å². The molecule has 0 fully saturated rings. The fourth-order valence-corrected chi connectivity index (χ4v) is 2.49. The molecular formula is C19H15F3N2O5. The second kappa shape index (κ2) is 9.09. The standard InChI is InChI=1S/C19H15F3N2O5/c20-12-3-1-2-11(8-12)15-9-16(29-24-15)18(26)27-10-17(25)23-13-4-6-14(7-5-13)28-19(21)22/h1-8,16,19H,9-10H2,(H,23,25). The van der Waals surface area contributed by atoms with Crippen LogP contribution in [0.5, 0.6) is 5.75 Å². The first kappa shape index (κ1) is 20.2. The summed E-state index contributed by atoms with van der Waals surface area (Å²) in [5.74, 6) is -1.93. The van der Waals surface area contributed by atoms with Crippen LogP contribution in [0.25, 0.3) is 0 Å². The zero-order valence-corrected chi connectivity index (χ0v) is 14.8.